The Labute approximate surface area is 170 Å². The van der Waals surface area contributed by atoms with E-state index in [4.69, 9.17) is 4.74 Å². The van der Waals surface area contributed by atoms with Crippen LogP contribution in [0.25, 0.3) is 5.65 Å². The summed E-state index contributed by atoms with van der Waals surface area (Å²) in [5.41, 5.74) is -0.0912. The smallest absolute Gasteiger partial charge is 0.270 e. The number of morpholine rings is 1. The average molecular weight is 434 g/mol. The number of fused-ring (bicyclic) bond motifs is 1. The lowest BCUT2D eigenvalue weighted by Crippen LogP contribution is -2.40. The van der Waals surface area contributed by atoms with E-state index in [0.29, 0.717) is 36.8 Å². The maximum atomic E-state index is 12.7. The van der Waals surface area contributed by atoms with Gasteiger partial charge in [-0.2, -0.15) is 4.31 Å². The van der Waals surface area contributed by atoms with Gasteiger partial charge in [-0.25, -0.2) is 13.4 Å². The molecule has 9 nitrogen and oxygen atoms in total. The highest BCUT2D eigenvalue weighted by Crippen LogP contribution is 2.25. The number of hydrogen-bond acceptors (Lipinski definition) is 7. The highest BCUT2D eigenvalue weighted by atomic mass is 32.2. The zero-order valence-electron chi connectivity index (χ0n) is 15.3. The summed E-state index contributed by atoms with van der Waals surface area (Å²) in [4.78, 5) is 29.7. The molecule has 0 saturated carbocycles. The fourth-order valence-corrected chi connectivity index (χ4v) is 5.81. The molecule has 29 heavy (non-hydrogen) atoms. The first-order chi connectivity index (χ1) is 14.0. The Morgan fingerprint density at radius 3 is 2.79 bits per heavy atom. The van der Waals surface area contributed by atoms with Crippen LogP contribution in [0, 0.1) is 0 Å². The standard InChI is InChI=1S/C18H18N4O5S2/c23-17(14-12-19-15-3-1-2-6-22(15)18(14)24)20-11-13-4-5-16(28-13)29(25,26)21-7-9-27-10-8-21/h1-6,12H,7-11H2,(H,20,23). The Morgan fingerprint density at radius 2 is 2.00 bits per heavy atom. The lowest BCUT2D eigenvalue weighted by Gasteiger charge is -2.25. The summed E-state index contributed by atoms with van der Waals surface area (Å²) < 4.78 is 33.5. The molecular weight excluding hydrogens is 416 g/mol. The number of nitrogens with zero attached hydrogens (tertiary/aromatic N) is 3. The molecule has 0 radical (unpaired) electrons. The first kappa shape index (κ1) is 19.7. The summed E-state index contributed by atoms with van der Waals surface area (Å²) in [6.45, 7) is 1.52. The molecule has 0 spiro atoms. The summed E-state index contributed by atoms with van der Waals surface area (Å²) >= 11 is 1.09. The SMILES string of the molecule is O=C(NCc1ccc(S(=O)(=O)N2CCOCC2)s1)c1cnc2ccccn2c1=O. The van der Waals surface area contributed by atoms with E-state index in [1.54, 1.807) is 30.5 Å². The molecule has 3 aromatic rings. The highest BCUT2D eigenvalue weighted by molar-refractivity contribution is 7.91. The van der Waals surface area contributed by atoms with Crippen molar-refractivity contribution in [1.29, 1.82) is 0 Å². The fourth-order valence-electron chi connectivity index (χ4n) is 2.95. The topological polar surface area (TPSA) is 110 Å². The van der Waals surface area contributed by atoms with E-state index in [0.717, 1.165) is 11.3 Å². The van der Waals surface area contributed by atoms with Crippen LogP contribution < -0.4 is 10.9 Å². The maximum absolute atomic E-state index is 12.7. The second-order valence-corrected chi connectivity index (χ2v) is 9.66. The molecule has 0 unspecified atom stereocenters. The Morgan fingerprint density at radius 1 is 1.21 bits per heavy atom. The number of hydrogen-bond donors (Lipinski definition) is 1. The summed E-state index contributed by atoms with van der Waals surface area (Å²) in [5.74, 6) is -0.563. The largest absolute Gasteiger partial charge is 0.379 e. The van der Waals surface area contributed by atoms with Crippen molar-refractivity contribution >= 4 is 32.9 Å². The van der Waals surface area contributed by atoms with Crippen molar-refractivity contribution < 1.29 is 17.9 Å². The lowest BCUT2D eigenvalue weighted by atomic mass is 10.3. The zero-order chi connectivity index (χ0) is 20.4. The van der Waals surface area contributed by atoms with Crippen molar-refractivity contribution in [1.82, 2.24) is 19.0 Å². The predicted molar refractivity (Wildman–Crippen MR) is 107 cm³/mol. The average Bonchev–Trinajstić information content (AvgIpc) is 3.23. The molecule has 1 aliphatic heterocycles. The summed E-state index contributed by atoms with van der Waals surface area (Å²) in [6.07, 6.45) is 2.79. The molecule has 4 rings (SSSR count). The van der Waals surface area contributed by atoms with Gasteiger partial charge in [0.15, 0.2) is 0 Å². The molecule has 1 N–H and O–H groups in total. The lowest BCUT2D eigenvalue weighted by molar-refractivity contribution is 0.0731. The molecule has 4 heterocycles. The van der Waals surface area contributed by atoms with Crippen LogP contribution in [0.2, 0.25) is 0 Å². The van der Waals surface area contributed by atoms with Crippen LogP contribution in [-0.4, -0.2) is 54.3 Å². The van der Waals surface area contributed by atoms with Gasteiger partial charge in [0.2, 0.25) is 0 Å². The minimum atomic E-state index is -3.57. The Bertz CT molecular complexity index is 1210. The number of thiophene rings is 1. The maximum Gasteiger partial charge on any atom is 0.270 e. The number of nitrogens with one attached hydrogen (secondary N) is 1. The Kier molecular flexibility index (Phi) is 5.46. The minimum absolute atomic E-state index is 0.0774. The van der Waals surface area contributed by atoms with Gasteiger partial charge >= 0.3 is 0 Å². The van der Waals surface area contributed by atoms with Gasteiger partial charge in [0.05, 0.1) is 19.8 Å². The first-order valence-electron chi connectivity index (χ1n) is 8.88. The van der Waals surface area contributed by atoms with Crippen LogP contribution >= 0.6 is 11.3 Å². The predicted octanol–water partition coefficient (Wildman–Crippen LogP) is 0.707. The molecule has 0 atom stereocenters. The van der Waals surface area contributed by atoms with Crippen LogP contribution in [-0.2, 0) is 21.3 Å². The molecule has 1 aliphatic rings. The number of rotatable bonds is 5. The van der Waals surface area contributed by atoms with E-state index >= 15 is 0 Å². The van der Waals surface area contributed by atoms with Gasteiger partial charge in [-0.1, -0.05) is 6.07 Å². The first-order valence-corrected chi connectivity index (χ1v) is 11.1. The molecule has 0 aliphatic carbocycles. The van der Waals surface area contributed by atoms with Crippen LogP contribution in [0.3, 0.4) is 0 Å². The van der Waals surface area contributed by atoms with Gasteiger partial charge in [-0.3, -0.25) is 14.0 Å². The van der Waals surface area contributed by atoms with E-state index < -0.39 is 21.5 Å². The molecule has 0 aromatic carbocycles. The third-order valence-electron chi connectivity index (χ3n) is 4.48. The monoisotopic (exact) mass is 434 g/mol. The van der Waals surface area contributed by atoms with Gasteiger partial charge in [-0.05, 0) is 24.3 Å². The van der Waals surface area contributed by atoms with Gasteiger partial charge in [0, 0.05) is 30.4 Å². The van der Waals surface area contributed by atoms with Gasteiger partial charge < -0.3 is 10.1 Å². The van der Waals surface area contributed by atoms with Crippen molar-refractivity contribution in [2.24, 2.45) is 0 Å². The molecule has 1 amide bonds. The third kappa shape index (κ3) is 3.94. The minimum Gasteiger partial charge on any atom is -0.379 e. The van der Waals surface area contributed by atoms with E-state index in [9.17, 15) is 18.0 Å². The number of sulfonamides is 1. The molecule has 3 aromatic heterocycles. The molecule has 152 valence electrons. The van der Waals surface area contributed by atoms with Crippen LogP contribution in [0.5, 0.6) is 0 Å². The molecule has 0 bridgehead atoms. The molecule has 1 saturated heterocycles. The number of amides is 1. The van der Waals surface area contributed by atoms with Crippen molar-refractivity contribution in [2.75, 3.05) is 26.3 Å². The number of pyridine rings is 1. The number of carbonyl (C=O) groups is 1. The van der Waals surface area contributed by atoms with Crippen molar-refractivity contribution in [3.05, 3.63) is 63.5 Å². The highest BCUT2D eigenvalue weighted by Gasteiger charge is 2.27. The van der Waals surface area contributed by atoms with Crippen LogP contribution in [0.4, 0.5) is 0 Å². The number of aromatic nitrogens is 2. The molecular formula is C18H18N4O5S2. The van der Waals surface area contributed by atoms with Gasteiger partial charge in [0.1, 0.15) is 15.4 Å². The van der Waals surface area contributed by atoms with E-state index in [2.05, 4.69) is 10.3 Å². The van der Waals surface area contributed by atoms with Crippen LogP contribution in [0.1, 0.15) is 15.2 Å². The fraction of sp³-hybridized carbons (Fsp3) is 0.278. The zero-order valence-corrected chi connectivity index (χ0v) is 16.9. The van der Waals surface area contributed by atoms with Gasteiger partial charge in [-0.15, -0.1) is 11.3 Å². The summed E-state index contributed by atoms with van der Waals surface area (Å²) in [5, 5.41) is 2.65. The molecule has 1 fully saturated rings. The van der Waals surface area contributed by atoms with Crippen molar-refractivity contribution in [2.45, 2.75) is 10.8 Å². The van der Waals surface area contributed by atoms with Gasteiger partial charge in [0.25, 0.3) is 21.5 Å². The number of ether oxygens (including phenoxy) is 1. The summed E-state index contributed by atoms with van der Waals surface area (Å²) in [7, 11) is -3.57. The molecule has 11 heteroatoms. The van der Waals surface area contributed by atoms with Crippen LogP contribution in [0.15, 0.2) is 51.7 Å². The van der Waals surface area contributed by atoms with Crippen molar-refractivity contribution in [3.8, 4) is 0 Å². The second-order valence-electron chi connectivity index (χ2n) is 6.33. The van der Waals surface area contributed by atoms with Crippen molar-refractivity contribution in [3.63, 3.8) is 0 Å². The number of carbonyl (C=O) groups excluding carboxylic acids is 1. The van der Waals surface area contributed by atoms with E-state index in [1.807, 2.05) is 0 Å². The third-order valence-corrected chi connectivity index (χ3v) is 7.93. The summed E-state index contributed by atoms with van der Waals surface area (Å²) in [6, 6.07) is 8.29. The Hall–Kier alpha value is -2.60. The van der Waals surface area contributed by atoms with E-state index in [-0.39, 0.29) is 16.3 Å². The Balaban J connectivity index is 1.47. The quantitative estimate of drug-likeness (QED) is 0.633. The second kappa shape index (κ2) is 8.03. The normalized spacial score (nSPS) is 15.4. The van der Waals surface area contributed by atoms with E-state index in [1.165, 1.54) is 21.0 Å².